The number of para-hydroxylation sites is 1. The summed E-state index contributed by atoms with van der Waals surface area (Å²) in [4.78, 5) is 14.7. The van der Waals surface area contributed by atoms with Crippen molar-refractivity contribution in [2.24, 2.45) is 17.8 Å². The fourth-order valence-electron chi connectivity index (χ4n) is 6.55. The van der Waals surface area contributed by atoms with Crippen LogP contribution in [0.4, 0.5) is 0 Å². The molecule has 2 aromatic heterocycles. The minimum absolute atomic E-state index is 0.0716. The number of aromatic amines is 1. The fraction of sp³-hybridized carbons (Fsp3) is 0.346. The van der Waals surface area contributed by atoms with Gasteiger partial charge in [0.2, 0.25) is 0 Å². The Morgan fingerprint density at radius 1 is 1.09 bits per heavy atom. The van der Waals surface area contributed by atoms with E-state index in [1.807, 2.05) is 63.4 Å². The molecule has 0 spiro atoms. The van der Waals surface area contributed by atoms with Crippen LogP contribution in [0.15, 0.2) is 64.4 Å². The lowest BCUT2D eigenvalue weighted by Gasteiger charge is -2.40. The van der Waals surface area contributed by atoms with E-state index in [0.29, 0.717) is 22.5 Å². The van der Waals surface area contributed by atoms with Crippen molar-refractivity contribution >= 4 is 46.9 Å². The van der Waals surface area contributed by atoms with Gasteiger partial charge in [0.15, 0.2) is 10.6 Å². The van der Waals surface area contributed by atoms with Crippen LogP contribution >= 0.6 is 46.9 Å². The van der Waals surface area contributed by atoms with Crippen molar-refractivity contribution in [2.75, 3.05) is 0 Å². The number of thiazole rings is 1. The summed E-state index contributed by atoms with van der Waals surface area (Å²) in [7, 11) is 0. The Morgan fingerprint density at radius 2 is 1.86 bits per heavy atom. The first kappa shape index (κ1) is 22.1. The van der Waals surface area contributed by atoms with E-state index in [1.54, 1.807) is 0 Å². The molecule has 1 N–H and O–H groups in total. The number of rotatable bonds is 4. The molecule has 2 aromatic carbocycles. The first-order chi connectivity index (χ1) is 17.1. The van der Waals surface area contributed by atoms with E-state index >= 15 is 0 Å². The highest BCUT2D eigenvalue weighted by Gasteiger charge is 2.55. The van der Waals surface area contributed by atoms with E-state index in [2.05, 4.69) is 22.3 Å². The molecule has 0 amide bonds. The standard InChI is InChI=1S/C26H23ClN4OS3/c27-17-10-8-14(9-11-17)20-21-15-6-7-16(12-15)22(21)34-24-23(20)35-26(32)30(24)13-19-28-29-25(33)31(19)18-4-2-1-3-5-18/h1-5,8-11,15-16,20-22H,6-7,12-13H2,(H,29,33)/t15-,16+,20+,21+,22+/m1/s1. The van der Waals surface area contributed by atoms with Gasteiger partial charge in [0.1, 0.15) is 0 Å². The summed E-state index contributed by atoms with van der Waals surface area (Å²) in [6.07, 6.45) is 3.94. The second-order valence-electron chi connectivity index (χ2n) is 9.76. The molecule has 5 nitrogen and oxygen atoms in total. The highest BCUT2D eigenvalue weighted by atomic mass is 35.5. The van der Waals surface area contributed by atoms with Crippen LogP contribution in [0, 0.1) is 22.5 Å². The zero-order chi connectivity index (χ0) is 23.7. The van der Waals surface area contributed by atoms with Crippen molar-refractivity contribution in [3.05, 3.63) is 90.3 Å². The molecule has 2 fully saturated rings. The molecule has 35 heavy (non-hydrogen) atoms. The van der Waals surface area contributed by atoms with E-state index in [9.17, 15) is 4.79 Å². The molecule has 0 saturated heterocycles. The summed E-state index contributed by atoms with van der Waals surface area (Å²) < 4.78 is 4.39. The molecule has 7 rings (SSSR count). The first-order valence-electron chi connectivity index (χ1n) is 12.0. The maximum absolute atomic E-state index is 13.5. The minimum Gasteiger partial charge on any atom is -0.286 e. The summed E-state index contributed by atoms with van der Waals surface area (Å²) in [5, 5.41) is 9.86. The van der Waals surface area contributed by atoms with Gasteiger partial charge in [-0.2, -0.15) is 5.10 Å². The van der Waals surface area contributed by atoms with Crippen molar-refractivity contribution < 1.29 is 0 Å². The molecule has 5 atom stereocenters. The Morgan fingerprint density at radius 3 is 2.66 bits per heavy atom. The lowest BCUT2D eigenvalue weighted by molar-refractivity contribution is 0.306. The number of hydrogen-bond acceptors (Lipinski definition) is 5. The highest BCUT2D eigenvalue weighted by Crippen LogP contribution is 2.64. The van der Waals surface area contributed by atoms with Gasteiger partial charge in [0.25, 0.3) is 0 Å². The van der Waals surface area contributed by atoms with Gasteiger partial charge in [0, 0.05) is 26.8 Å². The fourth-order valence-corrected chi connectivity index (χ4v) is 10.1. The van der Waals surface area contributed by atoms with Crippen LogP contribution < -0.4 is 4.87 Å². The van der Waals surface area contributed by atoms with Crippen molar-refractivity contribution in [1.82, 2.24) is 19.3 Å². The van der Waals surface area contributed by atoms with Crippen LogP contribution in [-0.4, -0.2) is 24.6 Å². The zero-order valence-electron chi connectivity index (χ0n) is 18.8. The van der Waals surface area contributed by atoms with E-state index < -0.39 is 0 Å². The first-order valence-corrected chi connectivity index (χ1v) is 14.4. The Balaban J connectivity index is 1.35. The molecule has 2 saturated carbocycles. The number of halogens is 1. The third kappa shape index (κ3) is 3.52. The average molecular weight is 539 g/mol. The van der Waals surface area contributed by atoms with Crippen molar-refractivity contribution in [2.45, 2.75) is 42.0 Å². The third-order valence-corrected chi connectivity index (χ3v) is 11.3. The van der Waals surface area contributed by atoms with Crippen molar-refractivity contribution in [1.29, 1.82) is 0 Å². The van der Waals surface area contributed by atoms with Gasteiger partial charge < -0.3 is 0 Å². The van der Waals surface area contributed by atoms with Crippen LogP contribution in [0.2, 0.25) is 5.02 Å². The number of thioether (sulfide) groups is 1. The highest BCUT2D eigenvalue weighted by molar-refractivity contribution is 8.00. The van der Waals surface area contributed by atoms with Crippen LogP contribution in [0.5, 0.6) is 0 Å². The van der Waals surface area contributed by atoms with Gasteiger partial charge >= 0.3 is 4.87 Å². The molecular weight excluding hydrogens is 516 g/mol. The van der Waals surface area contributed by atoms with E-state index in [4.69, 9.17) is 23.8 Å². The zero-order valence-corrected chi connectivity index (χ0v) is 22.0. The molecule has 3 aliphatic rings. The molecule has 0 radical (unpaired) electrons. The largest absolute Gasteiger partial charge is 0.308 e. The van der Waals surface area contributed by atoms with Crippen LogP contribution in [0.3, 0.4) is 0 Å². The number of aromatic nitrogens is 4. The number of nitrogens with one attached hydrogen (secondary N) is 1. The Bertz CT molecular complexity index is 1520. The van der Waals surface area contributed by atoms with Gasteiger partial charge in [-0.3, -0.25) is 19.0 Å². The monoisotopic (exact) mass is 538 g/mol. The molecule has 1 aliphatic heterocycles. The lowest BCUT2D eigenvalue weighted by atomic mass is 9.75. The van der Waals surface area contributed by atoms with Gasteiger partial charge in [-0.25, -0.2) is 0 Å². The van der Waals surface area contributed by atoms with E-state index in [1.165, 1.54) is 41.0 Å². The van der Waals surface area contributed by atoms with Gasteiger partial charge in [0.05, 0.1) is 11.6 Å². The number of benzene rings is 2. The molecule has 9 heteroatoms. The van der Waals surface area contributed by atoms with E-state index in [-0.39, 0.29) is 10.8 Å². The summed E-state index contributed by atoms with van der Waals surface area (Å²) in [5.74, 6) is 3.05. The topological polar surface area (TPSA) is 55.6 Å². The summed E-state index contributed by atoms with van der Waals surface area (Å²) in [5.41, 5.74) is 2.22. The Labute approximate surface area is 221 Å². The number of H-pyrrole nitrogens is 1. The molecule has 4 aromatic rings. The average Bonchev–Trinajstić information content (AvgIpc) is 3.64. The number of hydrogen-bond donors (Lipinski definition) is 1. The molecular formula is C26H23ClN4OS3. The lowest BCUT2D eigenvalue weighted by Crippen LogP contribution is -2.34. The quantitative estimate of drug-likeness (QED) is 0.301. The molecule has 2 aliphatic carbocycles. The smallest absolute Gasteiger partial charge is 0.286 e. The van der Waals surface area contributed by atoms with Crippen LogP contribution in [0.1, 0.15) is 41.4 Å². The van der Waals surface area contributed by atoms with Crippen LogP contribution in [-0.2, 0) is 6.54 Å². The van der Waals surface area contributed by atoms with Crippen molar-refractivity contribution in [3.8, 4) is 5.69 Å². The number of fused-ring (bicyclic) bond motifs is 6. The molecule has 3 heterocycles. The van der Waals surface area contributed by atoms with Crippen LogP contribution in [0.25, 0.3) is 5.69 Å². The Hall–Kier alpha value is -2.13. The number of nitrogens with zero attached hydrogens (tertiary/aromatic N) is 3. The maximum atomic E-state index is 13.5. The Kier molecular flexibility index (Phi) is 5.35. The van der Waals surface area contributed by atoms with Crippen molar-refractivity contribution in [3.63, 3.8) is 0 Å². The van der Waals surface area contributed by atoms with Gasteiger partial charge in [-0.1, -0.05) is 53.3 Å². The predicted molar refractivity (Wildman–Crippen MR) is 144 cm³/mol. The normalized spacial score (nSPS) is 26.6. The predicted octanol–water partition coefficient (Wildman–Crippen LogP) is 6.51. The summed E-state index contributed by atoms with van der Waals surface area (Å²) >= 11 is 15.1. The second-order valence-corrected chi connectivity index (χ2v) is 12.7. The molecule has 0 unspecified atom stereocenters. The summed E-state index contributed by atoms with van der Waals surface area (Å²) in [6, 6.07) is 18.2. The van der Waals surface area contributed by atoms with E-state index in [0.717, 1.165) is 33.4 Å². The summed E-state index contributed by atoms with van der Waals surface area (Å²) in [6.45, 7) is 0.387. The van der Waals surface area contributed by atoms with Gasteiger partial charge in [-0.05, 0) is 79.1 Å². The molecule has 178 valence electrons. The SMILES string of the molecule is O=c1sc2c(n1Cc1n[nH]c(=S)n1-c1ccccc1)S[C@H]1[C@H]3CC[C@H](C3)[C@H]1[C@@H]2c1ccc(Cl)cc1. The van der Waals surface area contributed by atoms with Gasteiger partial charge in [-0.15, -0.1) is 11.8 Å². The third-order valence-electron chi connectivity index (χ3n) is 7.98. The second kappa shape index (κ2) is 8.47. The minimum atomic E-state index is 0.0716. The maximum Gasteiger partial charge on any atom is 0.308 e. The molecule has 2 bridgehead atoms.